The average molecular weight is 564 g/mol. The van der Waals surface area contributed by atoms with Crippen molar-refractivity contribution in [3.63, 3.8) is 0 Å². The number of anilines is 3. The van der Waals surface area contributed by atoms with Crippen molar-refractivity contribution in [2.45, 2.75) is 86.4 Å². The van der Waals surface area contributed by atoms with Crippen molar-refractivity contribution in [3.8, 4) is 0 Å². The van der Waals surface area contributed by atoms with Crippen LogP contribution in [0.2, 0.25) is 0 Å². The highest BCUT2D eigenvalue weighted by Crippen LogP contribution is 2.32. The molecular formula is C32H49N7O2. The van der Waals surface area contributed by atoms with Crippen molar-refractivity contribution in [2.24, 2.45) is 15.9 Å². The minimum absolute atomic E-state index is 0.00621. The van der Waals surface area contributed by atoms with Crippen LogP contribution in [-0.2, 0) is 11.3 Å². The first kappa shape index (κ1) is 35.2. The molecule has 41 heavy (non-hydrogen) atoms. The molecule has 9 nitrogen and oxygen atoms in total. The fraction of sp³-hybridized carbons (Fsp3) is 0.469. The fourth-order valence-electron chi connectivity index (χ4n) is 3.70. The number of nitrogens with zero attached hydrogens (tertiary/aromatic N) is 4. The second-order valence-electron chi connectivity index (χ2n) is 10.1. The molecule has 0 aliphatic rings. The number of aromatic nitrogens is 2. The summed E-state index contributed by atoms with van der Waals surface area (Å²) in [4.78, 5) is 28.1. The van der Waals surface area contributed by atoms with E-state index >= 15 is 0 Å². The van der Waals surface area contributed by atoms with Gasteiger partial charge in [0.05, 0.1) is 18.3 Å². The Hall–Kier alpha value is -3.85. The zero-order valence-corrected chi connectivity index (χ0v) is 25.9. The lowest BCUT2D eigenvalue weighted by Crippen LogP contribution is -2.24. The molecule has 0 saturated carbocycles. The molecule has 0 saturated heterocycles. The van der Waals surface area contributed by atoms with E-state index in [1.165, 1.54) is 0 Å². The van der Waals surface area contributed by atoms with E-state index in [4.69, 9.17) is 0 Å². The Morgan fingerprint density at radius 1 is 1.07 bits per heavy atom. The van der Waals surface area contributed by atoms with Gasteiger partial charge in [0.1, 0.15) is 11.5 Å². The number of Topliss-reactive ketones (excluding diaryl/α,β-unsaturated/α-hetero) is 1. The summed E-state index contributed by atoms with van der Waals surface area (Å²) in [6.07, 6.45) is 7.97. The molecule has 0 spiro atoms. The minimum atomic E-state index is -0.136. The molecule has 0 aliphatic heterocycles. The number of aliphatic imine (C=N–C) groups is 2. The van der Waals surface area contributed by atoms with Crippen molar-refractivity contribution < 1.29 is 9.90 Å². The zero-order valence-electron chi connectivity index (χ0n) is 25.9. The SMILES string of the molecule is C=C/C=C(\N=CC)c1ccc(CNc2nc(NC(CC)CO)nc(NC(C)C)c2N=C)cc1.CC[C@H](C)CC(C)=O. The van der Waals surface area contributed by atoms with E-state index < -0.39 is 0 Å². The van der Waals surface area contributed by atoms with Crippen molar-refractivity contribution in [1.29, 1.82) is 0 Å². The van der Waals surface area contributed by atoms with Gasteiger partial charge in [-0.1, -0.05) is 64.1 Å². The maximum absolute atomic E-state index is 10.4. The van der Waals surface area contributed by atoms with Gasteiger partial charge < -0.3 is 25.9 Å². The van der Waals surface area contributed by atoms with E-state index in [1.807, 2.05) is 58.0 Å². The first-order valence-electron chi connectivity index (χ1n) is 14.3. The van der Waals surface area contributed by atoms with Crippen LogP contribution in [0.1, 0.15) is 78.9 Å². The molecule has 0 amide bonds. The minimum Gasteiger partial charge on any atom is -0.394 e. The van der Waals surface area contributed by atoms with Crippen LogP contribution >= 0.6 is 0 Å². The molecule has 2 atom stereocenters. The van der Waals surface area contributed by atoms with Gasteiger partial charge in [0.2, 0.25) is 5.95 Å². The van der Waals surface area contributed by atoms with Crippen molar-refractivity contribution in [2.75, 3.05) is 22.6 Å². The van der Waals surface area contributed by atoms with Crippen LogP contribution in [0.25, 0.3) is 5.70 Å². The molecule has 4 N–H and O–H groups in total. The third kappa shape index (κ3) is 12.9. The maximum Gasteiger partial charge on any atom is 0.227 e. The smallest absolute Gasteiger partial charge is 0.227 e. The molecule has 0 bridgehead atoms. The van der Waals surface area contributed by atoms with Gasteiger partial charge >= 0.3 is 0 Å². The number of aliphatic hydroxyl groups excluding tert-OH is 1. The Bertz CT molecular complexity index is 1150. The van der Waals surface area contributed by atoms with Crippen LogP contribution in [0, 0.1) is 5.92 Å². The first-order chi connectivity index (χ1) is 19.6. The summed E-state index contributed by atoms with van der Waals surface area (Å²) in [5.41, 5.74) is 3.49. The van der Waals surface area contributed by atoms with Gasteiger partial charge in [-0.3, -0.25) is 9.98 Å². The summed E-state index contributed by atoms with van der Waals surface area (Å²) in [5, 5.41) is 19.4. The largest absolute Gasteiger partial charge is 0.394 e. The highest BCUT2D eigenvalue weighted by Gasteiger charge is 2.16. The number of aliphatic hydroxyl groups is 1. The van der Waals surface area contributed by atoms with Crippen LogP contribution in [-0.4, -0.2) is 52.5 Å². The summed E-state index contributed by atoms with van der Waals surface area (Å²) in [6, 6.07) is 8.14. The molecule has 224 valence electrons. The second kappa shape index (κ2) is 19.3. The van der Waals surface area contributed by atoms with Crippen LogP contribution < -0.4 is 16.0 Å². The van der Waals surface area contributed by atoms with E-state index in [1.54, 1.807) is 19.2 Å². The average Bonchev–Trinajstić information content (AvgIpc) is 2.94. The van der Waals surface area contributed by atoms with E-state index in [-0.39, 0.29) is 18.7 Å². The molecule has 1 aromatic carbocycles. The molecule has 0 radical (unpaired) electrons. The van der Waals surface area contributed by atoms with Crippen LogP contribution in [0.3, 0.4) is 0 Å². The number of nitrogens with one attached hydrogen (secondary N) is 3. The molecule has 2 rings (SSSR count). The number of allylic oxidation sites excluding steroid dienone is 2. The van der Waals surface area contributed by atoms with Gasteiger partial charge in [-0.15, -0.1) is 0 Å². The number of rotatable bonds is 16. The quantitative estimate of drug-likeness (QED) is 0.127. The highest BCUT2D eigenvalue weighted by atomic mass is 16.3. The molecule has 0 fully saturated rings. The molecule has 1 unspecified atom stereocenters. The first-order valence-corrected chi connectivity index (χ1v) is 14.3. The highest BCUT2D eigenvalue weighted by molar-refractivity contribution is 5.78. The number of carbonyl (C=O) groups is 1. The Morgan fingerprint density at radius 3 is 2.20 bits per heavy atom. The lowest BCUT2D eigenvalue weighted by Gasteiger charge is -2.19. The number of ketones is 1. The van der Waals surface area contributed by atoms with E-state index in [0.29, 0.717) is 41.5 Å². The lowest BCUT2D eigenvalue weighted by atomic mass is 10.0. The molecule has 1 aromatic heterocycles. The normalized spacial score (nSPS) is 12.8. The monoisotopic (exact) mass is 563 g/mol. The van der Waals surface area contributed by atoms with Gasteiger partial charge in [-0.05, 0) is 58.4 Å². The van der Waals surface area contributed by atoms with Crippen LogP contribution in [0.15, 0.2) is 53.0 Å². The van der Waals surface area contributed by atoms with Crippen LogP contribution in [0.4, 0.5) is 23.3 Å². The molecule has 2 aromatic rings. The van der Waals surface area contributed by atoms with Gasteiger partial charge in [-0.25, -0.2) is 0 Å². The predicted molar refractivity (Wildman–Crippen MR) is 176 cm³/mol. The Kier molecular flexibility index (Phi) is 16.5. The van der Waals surface area contributed by atoms with E-state index in [9.17, 15) is 9.90 Å². The molecule has 9 heteroatoms. The summed E-state index contributed by atoms with van der Waals surface area (Å²) < 4.78 is 0. The van der Waals surface area contributed by atoms with Gasteiger partial charge in [0.15, 0.2) is 11.6 Å². The third-order valence-corrected chi connectivity index (χ3v) is 6.10. The van der Waals surface area contributed by atoms with Gasteiger partial charge in [0.25, 0.3) is 0 Å². The standard InChI is InChI=1S/C25H35N7O.C7H14O/c1-7-10-21(27-9-3)19-13-11-18(12-14-19)15-28-23-22(26-6)24(29-17(4)5)32-25(31-23)30-20(8-2)16-33;1-4-6(2)5-7(3)8/h7,9-14,17,20,33H,1,6,8,15-16H2,2-5H3,(H3,28,29,30,31,32);6H,4-5H2,1-3H3/b21-10-,27-9?;/t;6-/m.0/s1. The molecule has 0 aliphatic carbocycles. The lowest BCUT2D eigenvalue weighted by molar-refractivity contribution is -0.117. The maximum atomic E-state index is 10.4. The Balaban J connectivity index is 0.000000915. The van der Waals surface area contributed by atoms with Crippen LogP contribution in [0.5, 0.6) is 0 Å². The van der Waals surface area contributed by atoms with Crippen molar-refractivity contribution >= 4 is 47.7 Å². The Morgan fingerprint density at radius 2 is 1.73 bits per heavy atom. The van der Waals surface area contributed by atoms with Crippen molar-refractivity contribution in [3.05, 3.63) is 54.1 Å². The zero-order chi connectivity index (χ0) is 30.8. The topological polar surface area (TPSA) is 124 Å². The van der Waals surface area contributed by atoms with E-state index in [0.717, 1.165) is 36.1 Å². The van der Waals surface area contributed by atoms with E-state index in [2.05, 4.69) is 63.0 Å². The fourth-order valence-corrected chi connectivity index (χ4v) is 3.70. The van der Waals surface area contributed by atoms with Crippen molar-refractivity contribution in [1.82, 2.24) is 9.97 Å². The summed E-state index contributed by atoms with van der Waals surface area (Å²) in [7, 11) is 0. The third-order valence-electron chi connectivity index (χ3n) is 6.10. The number of hydrogen-bond acceptors (Lipinski definition) is 9. The second-order valence-corrected chi connectivity index (χ2v) is 10.1. The van der Waals surface area contributed by atoms with Gasteiger partial charge in [-0.2, -0.15) is 9.97 Å². The number of benzene rings is 1. The Labute approximate surface area is 246 Å². The predicted octanol–water partition coefficient (Wildman–Crippen LogP) is 7.05. The molecular weight excluding hydrogens is 514 g/mol. The number of carbonyl (C=O) groups excluding carboxylic acids is 1. The van der Waals surface area contributed by atoms with Gasteiger partial charge in [0, 0.05) is 30.8 Å². The molecule has 1 heterocycles. The summed E-state index contributed by atoms with van der Waals surface area (Å²) >= 11 is 0. The summed E-state index contributed by atoms with van der Waals surface area (Å²) in [5.74, 6) is 2.44. The number of hydrogen-bond donors (Lipinski definition) is 4. The summed E-state index contributed by atoms with van der Waals surface area (Å²) in [6.45, 7) is 21.8.